The van der Waals surface area contributed by atoms with Crippen molar-refractivity contribution >= 4 is 59.7 Å². The number of phenols is 2. The number of aliphatic hydroxyl groups excluding tert-OH is 1. The summed E-state index contributed by atoms with van der Waals surface area (Å²) in [5.41, 5.74) is 9.65. The van der Waals surface area contributed by atoms with Crippen molar-refractivity contribution < 1.29 is 120 Å². The van der Waals surface area contributed by atoms with E-state index in [-0.39, 0.29) is 92.1 Å². The molecule has 2 spiro atoms. The minimum atomic E-state index is -1.46. The number of esters is 4. The molecule has 0 aliphatic carbocycles. The summed E-state index contributed by atoms with van der Waals surface area (Å²) in [5.74, 6) is 1.70. The van der Waals surface area contributed by atoms with Gasteiger partial charge in [0.15, 0.2) is 80.1 Å². The summed E-state index contributed by atoms with van der Waals surface area (Å²) in [5, 5.41) is 54.0. The monoisotopic (exact) mass is 1800 g/mol. The largest absolute Gasteiger partial charge is 0.514 e. The van der Waals surface area contributed by atoms with Gasteiger partial charge in [0, 0.05) is 101 Å². The summed E-state index contributed by atoms with van der Waals surface area (Å²) in [7, 11) is 9.89. The Balaban J connectivity index is 0.000000168. The second kappa shape index (κ2) is 33.9. The zero-order valence-electron chi connectivity index (χ0n) is 72.9. The number of nitrogens with zero attached hydrogens (tertiary/aromatic N) is 5. The van der Waals surface area contributed by atoms with E-state index in [1.54, 1.807) is 24.3 Å². The summed E-state index contributed by atoms with van der Waals surface area (Å²) >= 11 is 2.89. The fraction of sp³-hybridized carbons (Fsp3) is 0.421. The number of hydrogen-bond donors (Lipinski definition) is 5. The maximum Gasteiger partial charge on any atom is 0.514 e. The molecule has 14 atom stereocenters. The lowest BCUT2D eigenvalue weighted by Crippen LogP contribution is -2.70. The molecular formula is C95H97N7O25S2. The number of carbonyl (C=O) groups is 6. The van der Waals surface area contributed by atoms with Gasteiger partial charge < -0.3 is 91.1 Å². The van der Waals surface area contributed by atoms with E-state index >= 15 is 9.59 Å². The number of nitrogens with one attached hydrogen (secondary N) is 2. The fourth-order valence-electron chi connectivity index (χ4n) is 22.0. The number of thioether (sulfide) groups is 2. The number of likely N-dealkylation sites (N-methyl/N-ethyl adjacent to an activating group) is 2. The Hall–Kier alpha value is -11.9. The molecule has 32 nitrogen and oxygen atoms in total. The number of benzene rings is 8. The smallest absolute Gasteiger partial charge is 0.504 e. The molecule has 129 heavy (non-hydrogen) atoms. The van der Waals surface area contributed by atoms with Crippen LogP contribution >= 0.6 is 23.5 Å². The van der Waals surface area contributed by atoms with Crippen LogP contribution in [0.2, 0.25) is 0 Å². The highest BCUT2D eigenvalue weighted by molar-refractivity contribution is 7.99. The third-order valence-corrected chi connectivity index (χ3v) is 30.4. The number of nitriles is 1. The van der Waals surface area contributed by atoms with Crippen molar-refractivity contribution in [3.05, 3.63) is 197 Å². The van der Waals surface area contributed by atoms with Gasteiger partial charge in [-0.05, 0) is 147 Å². The predicted molar refractivity (Wildman–Crippen MR) is 464 cm³/mol. The molecular weight excluding hydrogens is 1700 g/mol. The minimum Gasteiger partial charge on any atom is -0.504 e. The molecule has 8 bridgehead atoms. The predicted octanol–water partition coefficient (Wildman–Crippen LogP) is 11.4. The molecule has 0 radical (unpaired) electrons. The van der Waals surface area contributed by atoms with Gasteiger partial charge in [-0.2, -0.15) is 5.26 Å². The Morgan fingerprint density at radius 2 is 0.930 bits per heavy atom. The van der Waals surface area contributed by atoms with Crippen LogP contribution in [0.5, 0.6) is 80.5 Å². The van der Waals surface area contributed by atoms with Crippen LogP contribution in [-0.4, -0.2) is 201 Å². The third kappa shape index (κ3) is 14.0. The zero-order valence-corrected chi connectivity index (χ0v) is 74.6. The first-order chi connectivity index (χ1) is 62.3. The van der Waals surface area contributed by atoms with Gasteiger partial charge in [0.25, 0.3) is 0 Å². The van der Waals surface area contributed by atoms with E-state index in [1.165, 1.54) is 65.8 Å². The zero-order chi connectivity index (χ0) is 90.2. The summed E-state index contributed by atoms with van der Waals surface area (Å²) in [4.78, 5) is 90.7. The van der Waals surface area contributed by atoms with Crippen LogP contribution in [0.3, 0.4) is 0 Å². The van der Waals surface area contributed by atoms with Crippen molar-refractivity contribution in [1.82, 2.24) is 30.2 Å². The molecule has 674 valence electrons. The molecule has 14 aliphatic heterocycles. The van der Waals surface area contributed by atoms with E-state index in [0.29, 0.717) is 140 Å². The molecule has 8 aromatic rings. The van der Waals surface area contributed by atoms with Gasteiger partial charge >= 0.3 is 36.2 Å². The summed E-state index contributed by atoms with van der Waals surface area (Å²) in [6, 6.07) is 26.6. The summed E-state index contributed by atoms with van der Waals surface area (Å²) in [6.07, 6.45) is -1.05. The highest BCUT2D eigenvalue weighted by Gasteiger charge is 2.65. The van der Waals surface area contributed by atoms with Crippen LogP contribution in [0.1, 0.15) is 149 Å². The average molecular weight is 1800 g/mol. The fourth-order valence-corrected chi connectivity index (χ4v) is 25.4. The molecule has 5 N–H and O–H groups in total. The van der Waals surface area contributed by atoms with Crippen molar-refractivity contribution in [3.8, 4) is 86.6 Å². The number of aliphatic hydroxyl groups is 1. The lowest BCUT2D eigenvalue weighted by molar-refractivity contribution is -0.186. The first-order valence-electron chi connectivity index (χ1n) is 42.7. The number of piperazine rings is 2. The number of phenolic OH excluding ortho intramolecular Hbond substituents is 2. The first-order valence-corrected chi connectivity index (χ1v) is 44.8. The number of aryl methyl sites for hydroxylation is 2. The Morgan fingerprint density at radius 3 is 1.36 bits per heavy atom. The van der Waals surface area contributed by atoms with Gasteiger partial charge in [-0.3, -0.25) is 39.8 Å². The maximum absolute atomic E-state index is 15.1. The van der Waals surface area contributed by atoms with E-state index in [9.17, 15) is 39.8 Å². The van der Waals surface area contributed by atoms with Crippen LogP contribution in [0, 0.1) is 39.0 Å². The standard InChI is InChI=1S/C48H48N4O12S.C47H49N3O13S/c1-23-14-28-15-30-31(18-49)52-32-20-59-46(55)48(29-17-33(57-5)34(16-27(29)12-13-50-48)64-47(56)60-19-26-10-8-7-9-11-26)21-65-45(39(52)38(51(30)4)35(28)40(54)41(23)58-6)37-36(32)44-43(61-22-62-44)24(2)42(37)63-25(3)53;1-22-14-27-15-29-44(53)50-30-19-58-45(54)47(28-17-31(56-5)32(16-26(28)12-13-48-47)63-46(55)59-18-25-10-8-7-9-11-25)20-64-43(37(50)36(49(29)4)33(27)38(52)39(22)57-6)35-34(30)42-41(60-21-61-42)23(2)40(35)62-24(3)51/h7-11,14,16-17,30-32,38-39,45,50,54H,12-13,15,19-22H2,1-6H3;7-11,14,16-17,29-30,36-37,43-44,48,52-53H,12-13,15,18-21H2,1-6H3/t30-,31-,32-,38+,39?,45+,48+;29-,30-,36+,37?,43+,44-,47+/m00/s1. The number of methoxy groups -OCH3 is 4. The van der Waals surface area contributed by atoms with Crippen LogP contribution in [0.4, 0.5) is 9.59 Å². The second-order valence-electron chi connectivity index (χ2n) is 34.2. The number of rotatable bonds is 12. The Bertz CT molecular complexity index is 6000. The Morgan fingerprint density at radius 1 is 0.512 bits per heavy atom. The lowest BCUT2D eigenvalue weighted by Gasteiger charge is -2.62. The van der Waals surface area contributed by atoms with Crippen LogP contribution < -0.4 is 67.5 Å². The SMILES string of the molecule is COc1cc2c(cc1OC(=O)OCc1ccccc1)CCN[C@]21CS[C@@H]2c3c(OC(C)=O)c(C)c4c(c3[C@H](COC1=O)N1C2[C@H]2c3c(cc(C)c(OC)c3O)C[C@@H]([C@@H]1C#N)N2C)OCO4.COc1cc2c(cc1OC(=O)OCc1ccccc1)CCN[C@]21CS[C@@H]2c3c(OC(C)=O)c(C)c4c(c3[C@H](COC1=O)N1C2[C@H]2c3c(cc(C)c(OC)c3O)C[C@@H]([C@@H]1O)N2C)OCO4. The summed E-state index contributed by atoms with van der Waals surface area (Å²) < 4.78 is 95.4. The lowest BCUT2D eigenvalue weighted by atomic mass is 9.71. The number of carbonyl (C=O) groups excluding carboxylic acids is 6. The molecule has 2 unspecified atom stereocenters. The van der Waals surface area contributed by atoms with Gasteiger partial charge in [-0.15, -0.1) is 23.5 Å². The number of ether oxygens (including phenoxy) is 16. The molecule has 0 aromatic heterocycles. The molecule has 0 amide bonds. The highest BCUT2D eigenvalue weighted by atomic mass is 32.2. The van der Waals surface area contributed by atoms with Crippen molar-refractivity contribution in [3.63, 3.8) is 0 Å². The summed E-state index contributed by atoms with van der Waals surface area (Å²) in [6.45, 7) is 10.2. The van der Waals surface area contributed by atoms with Crippen LogP contribution in [-0.2, 0) is 88.1 Å². The van der Waals surface area contributed by atoms with Crippen molar-refractivity contribution in [2.45, 2.75) is 163 Å². The van der Waals surface area contributed by atoms with Crippen molar-refractivity contribution in [2.75, 3.05) is 93.9 Å². The van der Waals surface area contributed by atoms with Gasteiger partial charge in [-0.1, -0.05) is 72.8 Å². The van der Waals surface area contributed by atoms with E-state index < -0.39 is 112 Å². The molecule has 34 heteroatoms. The van der Waals surface area contributed by atoms with E-state index in [4.69, 9.17) is 75.8 Å². The highest BCUT2D eigenvalue weighted by Crippen LogP contribution is 2.68. The second-order valence-corrected chi connectivity index (χ2v) is 36.5. The first kappa shape index (κ1) is 86.5. The normalized spacial score (nSPS) is 26.3. The molecule has 14 aliphatic rings. The molecule has 4 saturated heterocycles. The van der Waals surface area contributed by atoms with E-state index in [2.05, 4.69) is 31.4 Å². The average Bonchev–Trinajstić information content (AvgIpc) is 1.52. The van der Waals surface area contributed by atoms with Gasteiger partial charge in [0.2, 0.25) is 13.6 Å². The molecule has 0 saturated carbocycles. The number of hydrogen-bond acceptors (Lipinski definition) is 34. The maximum atomic E-state index is 15.1. The van der Waals surface area contributed by atoms with E-state index in [0.717, 1.165) is 44.5 Å². The van der Waals surface area contributed by atoms with Crippen molar-refractivity contribution in [2.24, 2.45) is 0 Å². The quantitative estimate of drug-likeness (QED) is 0.0328. The molecule has 8 aromatic carbocycles. The van der Waals surface area contributed by atoms with Crippen LogP contribution in [0.25, 0.3) is 0 Å². The molecule has 4 fully saturated rings. The minimum absolute atomic E-state index is 0.0121. The van der Waals surface area contributed by atoms with Gasteiger partial charge in [0.1, 0.15) is 50.2 Å². The number of aromatic hydroxyl groups is 2. The van der Waals surface area contributed by atoms with Crippen LogP contribution in [0.15, 0.2) is 97.1 Å². The van der Waals surface area contributed by atoms with Gasteiger partial charge in [-0.25, -0.2) is 19.2 Å². The third-order valence-electron chi connectivity index (χ3n) is 27.5. The molecule has 22 rings (SSSR count). The van der Waals surface area contributed by atoms with Gasteiger partial charge in [0.05, 0.1) is 75.2 Å². The van der Waals surface area contributed by atoms with E-state index in [1.807, 2.05) is 119 Å². The topological polar surface area (TPSA) is 372 Å². The number of fused-ring (bicyclic) bond motifs is 18. The van der Waals surface area contributed by atoms with Crippen molar-refractivity contribution in [1.29, 1.82) is 5.26 Å². The Kier molecular flexibility index (Phi) is 22.7. The Labute approximate surface area is 751 Å². The molecule has 14 heterocycles.